The van der Waals surface area contributed by atoms with E-state index in [9.17, 15) is 0 Å². The van der Waals surface area contributed by atoms with Gasteiger partial charge in [0.05, 0.1) is 31.0 Å². The highest BCUT2D eigenvalue weighted by Crippen LogP contribution is 2.30. The van der Waals surface area contributed by atoms with Crippen LogP contribution in [0.15, 0.2) is 36.5 Å². The van der Waals surface area contributed by atoms with Gasteiger partial charge in [0.15, 0.2) is 0 Å². The fraction of sp³-hybridized carbons (Fsp3) is 0.600. The molecule has 3 aliphatic rings. The van der Waals surface area contributed by atoms with Gasteiger partial charge in [-0.2, -0.15) is 0 Å². The van der Waals surface area contributed by atoms with Crippen LogP contribution < -0.4 is 15.5 Å². The minimum atomic E-state index is 0.0329. The lowest BCUT2D eigenvalue weighted by molar-refractivity contribution is 0.0671. The molecule has 3 heterocycles. The molecule has 5 rings (SSSR count). The third kappa shape index (κ3) is 4.75. The number of rotatable bonds is 7. The average molecular weight is 438 g/mol. The maximum Gasteiger partial charge on any atom is 0.223 e. The quantitative estimate of drug-likeness (QED) is 0.688. The maximum atomic E-state index is 6.15. The van der Waals surface area contributed by atoms with E-state index in [4.69, 9.17) is 14.5 Å². The minimum absolute atomic E-state index is 0.0329. The summed E-state index contributed by atoms with van der Waals surface area (Å²) in [6, 6.07) is 10.7. The van der Waals surface area contributed by atoms with Gasteiger partial charge in [-0.25, -0.2) is 9.97 Å². The summed E-state index contributed by atoms with van der Waals surface area (Å²) in [5.41, 5.74) is 3.15. The molecule has 1 aliphatic carbocycles. The van der Waals surface area contributed by atoms with Crippen molar-refractivity contribution >= 4 is 11.6 Å². The molecule has 32 heavy (non-hydrogen) atoms. The molecule has 1 saturated carbocycles. The first-order valence-electron chi connectivity index (χ1n) is 12.0. The zero-order valence-electron chi connectivity index (χ0n) is 19.2. The molecule has 2 aliphatic heterocycles. The third-order valence-corrected chi connectivity index (χ3v) is 7.10. The highest BCUT2D eigenvalue weighted by atomic mass is 16.6. The van der Waals surface area contributed by atoms with Crippen LogP contribution in [0.5, 0.6) is 0 Å². The Morgan fingerprint density at radius 3 is 2.41 bits per heavy atom. The molecular weight excluding hydrogens is 402 g/mol. The number of hydrogen-bond acceptors (Lipinski definition) is 7. The van der Waals surface area contributed by atoms with Crippen molar-refractivity contribution in [3.63, 3.8) is 0 Å². The Balaban J connectivity index is 1.19. The fourth-order valence-corrected chi connectivity index (χ4v) is 5.19. The smallest absolute Gasteiger partial charge is 0.223 e. The standard InChI is InChI=1S/C25H35N5O2/c1-30(2)19-10-8-18(9-11-19)20-12-13-26-25(28-20)29-22-16-32-23-21(15-31-24(22)23)27-14-17-6-4-3-5-7-17/h8-13,17,21-24,27H,3-7,14-16H2,1-2H3,(H,26,28,29)/t21-,22+,23-,24+/m0/s1. The molecule has 0 unspecified atom stereocenters. The largest absolute Gasteiger partial charge is 0.378 e. The van der Waals surface area contributed by atoms with Gasteiger partial charge in [-0.15, -0.1) is 0 Å². The lowest BCUT2D eigenvalue weighted by atomic mass is 9.89. The second-order valence-corrected chi connectivity index (χ2v) is 9.57. The van der Waals surface area contributed by atoms with E-state index < -0.39 is 0 Å². The Morgan fingerprint density at radius 1 is 0.938 bits per heavy atom. The number of aromatic nitrogens is 2. The molecule has 0 spiro atoms. The summed E-state index contributed by atoms with van der Waals surface area (Å²) in [5.74, 6) is 1.43. The first kappa shape index (κ1) is 21.6. The number of hydrogen-bond donors (Lipinski definition) is 2. The topological polar surface area (TPSA) is 71.5 Å². The molecule has 1 aromatic heterocycles. The van der Waals surface area contributed by atoms with E-state index >= 15 is 0 Å². The molecule has 4 atom stereocenters. The van der Waals surface area contributed by atoms with E-state index in [1.807, 2.05) is 26.4 Å². The molecule has 2 aromatic rings. The number of ether oxygens (including phenoxy) is 2. The summed E-state index contributed by atoms with van der Waals surface area (Å²) in [7, 11) is 4.08. The Labute approximate surface area is 190 Å². The molecule has 172 valence electrons. The molecule has 0 amide bonds. The summed E-state index contributed by atoms with van der Waals surface area (Å²) in [6.45, 7) is 2.40. The summed E-state index contributed by atoms with van der Waals surface area (Å²) < 4.78 is 12.3. The van der Waals surface area contributed by atoms with Gasteiger partial charge in [-0.1, -0.05) is 31.4 Å². The van der Waals surface area contributed by atoms with Crippen LogP contribution in [-0.4, -0.2) is 68.1 Å². The van der Waals surface area contributed by atoms with Crippen LogP contribution in [0.4, 0.5) is 11.6 Å². The van der Waals surface area contributed by atoms with Crippen LogP contribution in [0, 0.1) is 5.92 Å². The molecule has 7 nitrogen and oxygen atoms in total. The predicted octanol–water partition coefficient (Wildman–Crippen LogP) is 3.33. The van der Waals surface area contributed by atoms with Gasteiger partial charge in [-0.05, 0) is 43.5 Å². The van der Waals surface area contributed by atoms with E-state index in [1.165, 1.54) is 37.8 Å². The van der Waals surface area contributed by atoms with Gasteiger partial charge < -0.3 is 25.0 Å². The first-order valence-corrected chi connectivity index (χ1v) is 12.0. The van der Waals surface area contributed by atoms with Crippen LogP contribution in [0.3, 0.4) is 0 Å². The first-order chi connectivity index (χ1) is 15.7. The lowest BCUT2D eigenvalue weighted by Gasteiger charge is -2.25. The molecule has 0 bridgehead atoms. The van der Waals surface area contributed by atoms with Gasteiger partial charge >= 0.3 is 0 Å². The summed E-state index contributed by atoms with van der Waals surface area (Å²) in [5, 5.41) is 7.21. The zero-order valence-corrected chi connectivity index (χ0v) is 19.2. The predicted molar refractivity (Wildman–Crippen MR) is 127 cm³/mol. The van der Waals surface area contributed by atoms with Crippen molar-refractivity contribution in [3.05, 3.63) is 36.5 Å². The summed E-state index contributed by atoms with van der Waals surface area (Å²) in [6.07, 6.45) is 8.79. The minimum Gasteiger partial charge on any atom is -0.378 e. The van der Waals surface area contributed by atoms with Crippen LogP contribution in [0.25, 0.3) is 11.3 Å². The van der Waals surface area contributed by atoms with E-state index in [-0.39, 0.29) is 24.3 Å². The average Bonchev–Trinajstić information content (AvgIpc) is 3.42. The van der Waals surface area contributed by atoms with Crippen molar-refractivity contribution < 1.29 is 9.47 Å². The van der Waals surface area contributed by atoms with E-state index in [1.54, 1.807) is 0 Å². The van der Waals surface area contributed by atoms with Crippen molar-refractivity contribution in [1.29, 1.82) is 0 Å². The number of benzene rings is 1. The molecule has 1 aromatic carbocycles. The molecule has 2 saturated heterocycles. The Morgan fingerprint density at radius 2 is 1.66 bits per heavy atom. The van der Waals surface area contributed by atoms with Gasteiger partial charge in [0.1, 0.15) is 12.2 Å². The SMILES string of the molecule is CN(C)c1ccc(-c2ccnc(N[C@@H]3CO[C@@H]4[C@@H]3OC[C@@H]4NCC3CCCCC3)n2)cc1. The second-order valence-electron chi connectivity index (χ2n) is 9.57. The van der Waals surface area contributed by atoms with E-state index in [0.29, 0.717) is 19.2 Å². The van der Waals surface area contributed by atoms with Crippen LogP contribution in [0.2, 0.25) is 0 Å². The van der Waals surface area contributed by atoms with Gasteiger partial charge in [0, 0.05) is 31.5 Å². The molecular formula is C25H35N5O2. The Bertz CT molecular complexity index is 884. The van der Waals surface area contributed by atoms with Gasteiger partial charge in [0.2, 0.25) is 5.95 Å². The lowest BCUT2D eigenvalue weighted by Crippen LogP contribution is -2.44. The fourth-order valence-electron chi connectivity index (χ4n) is 5.19. The molecule has 3 fully saturated rings. The number of nitrogens with zero attached hydrogens (tertiary/aromatic N) is 3. The van der Waals surface area contributed by atoms with Crippen molar-refractivity contribution in [1.82, 2.24) is 15.3 Å². The highest BCUT2D eigenvalue weighted by Gasteiger charge is 2.47. The second kappa shape index (κ2) is 9.73. The van der Waals surface area contributed by atoms with Crippen molar-refractivity contribution in [2.75, 3.05) is 44.1 Å². The van der Waals surface area contributed by atoms with Crippen molar-refractivity contribution in [3.8, 4) is 11.3 Å². The Hall–Kier alpha value is -2.22. The molecule has 2 N–H and O–H groups in total. The molecule has 7 heteroatoms. The summed E-state index contributed by atoms with van der Waals surface area (Å²) in [4.78, 5) is 11.3. The Kier molecular flexibility index (Phi) is 6.57. The van der Waals surface area contributed by atoms with Gasteiger partial charge in [0.25, 0.3) is 0 Å². The van der Waals surface area contributed by atoms with Crippen LogP contribution >= 0.6 is 0 Å². The molecule has 0 radical (unpaired) electrons. The zero-order chi connectivity index (χ0) is 21.9. The maximum absolute atomic E-state index is 6.15. The number of fused-ring (bicyclic) bond motifs is 1. The van der Waals surface area contributed by atoms with Crippen LogP contribution in [0.1, 0.15) is 32.1 Å². The van der Waals surface area contributed by atoms with Crippen LogP contribution in [-0.2, 0) is 9.47 Å². The normalized spacial score (nSPS) is 27.9. The third-order valence-electron chi connectivity index (χ3n) is 7.10. The number of anilines is 2. The number of nitrogens with one attached hydrogen (secondary N) is 2. The van der Waals surface area contributed by atoms with Crippen molar-refractivity contribution in [2.24, 2.45) is 5.92 Å². The van der Waals surface area contributed by atoms with E-state index in [0.717, 1.165) is 23.7 Å². The van der Waals surface area contributed by atoms with Gasteiger partial charge in [-0.3, -0.25) is 0 Å². The summed E-state index contributed by atoms with van der Waals surface area (Å²) >= 11 is 0. The monoisotopic (exact) mass is 437 g/mol. The highest BCUT2D eigenvalue weighted by molar-refractivity contribution is 5.63. The van der Waals surface area contributed by atoms with E-state index in [2.05, 4.69) is 44.8 Å². The van der Waals surface area contributed by atoms with Crippen molar-refractivity contribution in [2.45, 2.75) is 56.4 Å².